The summed E-state index contributed by atoms with van der Waals surface area (Å²) in [7, 11) is 0. The molecule has 1 amide bonds. The summed E-state index contributed by atoms with van der Waals surface area (Å²) in [5.74, 6) is 0.130. The minimum absolute atomic E-state index is 0.0585. The number of aromatic nitrogens is 2. The highest BCUT2D eigenvalue weighted by atomic mass is 16.2. The van der Waals surface area contributed by atoms with Crippen LogP contribution < -0.4 is 0 Å². The van der Waals surface area contributed by atoms with E-state index in [9.17, 15) is 4.79 Å². The summed E-state index contributed by atoms with van der Waals surface area (Å²) < 4.78 is 0. The van der Waals surface area contributed by atoms with Crippen LogP contribution in [0, 0.1) is 6.92 Å². The predicted molar refractivity (Wildman–Crippen MR) is 88.2 cm³/mol. The zero-order chi connectivity index (χ0) is 15.8. The van der Waals surface area contributed by atoms with E-state index in [1.165, 1.54) is 17.5 Å². The number of carbonyl (C=O) groups is 1. The van der Waals surface area contributed by atoms with Crippen LogP contribution in [-0.2, 0) is 12.8 Å². The van der Waals surface area contributed by atoms with Crippen LogP contribution in [0.5, 0.6) is 0 Å². The van der Waals surface area contributed by atoms with Crippen molar-refractivity contribution in [3.05, 3.63) is 58.7 Å². The van der Waals surface area contributed by atoms with Crippen molar-refractivity contribution >= 4 is 5.91 Å². The molecule has 1 aliphatic carbocycles. The summed E-state index contributed by atoms with van der Waals surface area (Å²) in [6.45, 7) is 2.74. The first-order chi connectivity index (χ1) is 11.2. The maximum absolute atomic E-state index is 13.0. The molecule has 0 saturated carbocycles. The van der Waals surface area contributed by atoms with E-state index in [0.29, 0.717) is 0 Å². The molecule has 4 rings (SSSR count). The van der Waals surface area contributed by atoms with Crippen LogP contribution in [-0.4, -0.2) is 27.3 Å². The summed E-state index contributed by atoms with van der Waals surface area (Å²) >= 11 is 0. The van der Waals surface area contributed by atoms with E-state index in [0.717, 1.165) is 49.2 Å². The fourth-order valence-corrected chi connectivity index (χ4v) is 3.83. The van der Waals surface area contributed by atoms with Gasteiger partial charge in [-0.2, -0.15) is 0 Å². The average molecular weight is 307 g/mol. The Morgan fingerprint density at radius 3 is 2.91 bits per heavy atom. The molecule has 0 radical (unpaired) electrons. The van der Waals surface area contributed by atoms with Crippen molar-refractivity contribution in [1.29, 1.82) is 0 Å². The zero-order valence-corrected chi connectivity index (χ0v) is 13.5. The molecule has 0 bridgehead atoms. The van der Waals surface area contributed by atoms with Gasteiger partial charge in [0.15, 0.2) is 0 Å². The quantitative estimate of drug-likeness (QED) is 0.855. The molecule has 0 N–H and O–H groups in total. The van der Waals surface area contributed by atoms with Gasteiger partial charge >= 0.3 is 0 Å². The lowest BCUT2D eigenvalue weighted by Crippen LogP contribution is -2.31. The SMILES string of the molecule is Cc1cncc([C@H]2CCCN2C(=O)c2ccc3c(c2)CCC3)n1. The van der Waals surface area contributed by atoms with Gasteiger partial charge in [-0.3, -0.25) is 14.8 Å². The molecule has 1 fully saturated rings. The van der Waals surface area contributed by atoms with Gasteiger partial charge in [-0.15, -0.1) is 0 Å². The second kappa shape index (κ2) is 5.76. The standard InChI is InChI=1S/C19H21N3O/c1-13-11-20-12-17(21-13)18-6-3-9-22(18)19(23)16-8-7-14-4-2-5-15(14)10-16/h7-8,10-12,18H,2-6,9H2,1H3/t18-/m1/s1. The fraction of sp³-hybridized carbons (Fsp3) is 0.421. The number of hydrogen-bond acceptors (Lipinski definition) is 3. The number of likely N-dealkylation sites (tertiary alicyclic amines) is 1. The second-order valence-electron chi connectivity index (χ2n) is 6.58. The largest absolute Gasteiger partial charge is 0.330 e. The van der Waals surface area contributed by atoms with E-state index in [2.05, 4.69) is 22.1 Å². The Hall–Kier alpha value is -2.23. The average Bonchev–Trinajstić information content (AvgIpc) is 3.22. The molecule has 23 heavy (non-hydrogen) atoms. The third-order valence-corrected chi connectivity index (χ3v) is 4.97. The van der Waals surface area contributed by atoms with Gasteiger partial charge in [0.05, 0.1) is 23.6 Å². The van der Waals surface area contributed by atoms with Crippen LogP contribution in [0.4, 0.5) is 0 Å². The van der Waals surface area contributed by atoms with Gasteiger partial charge in [-0.1, -0.05) is 6.07 Å². The molecule has 2 heterocycles. The van der Waals surface area contributed by atoms with Crippen LogP contribution in [0.2, 0.25) is 0 Å². The Morgan fingerprint density at radius 1 is 1.17 bits per heavy atom. The molecule has 4 nitrogen and oxygen atoms in total. The van der Waals surface area contributed by atoms with Crippen LogP contribution in [0.1, 0.15) is 58.2 Å². The van der Waals surface area contributed by atoms with E-state index in [1.54, 1.807) is 12.4 Å². The van der Waals surface area contributed by atoms with Gasteiger partial charge in [0, 0.05) is 18.3 Å². The first kappa shape index (κ1) is 14.4. The van der Waals surface area contributed by atoms with E-state index >= 15 is 0 Å². The van der Waals surface area contributed by atoms with E-state index in [4.69, 9.17) is 0 Å². The Kier molecular flexibility index (Phi) is 3.60. The molecule has 1 aliphatic heterocycles. The number of aryl methyl sites for hydroxylation is 3. The molecule has 118 valence electrons. The Balaban J connectivity index is 1.62. The molecule has 1 aromatic carbocycles. The number of hydrogen-bond donors (Lipinski definition) is 0. The number of amides is 1. The van der Waals surface area contributed by atoms with Crippen molar-refractivity contribution in [2.75, 3.05) is 6.54 Å². The van der Waals surface area contributed by atoms with Crippen molar-refractivity contribution in [2.24, 2.45) is 0 Å². The number of benzene rings is 1. The second-order valence-corrected chi connectivity index (χ2v) is 6.58. The third-order valence-electron chi connectivity index (χ3n) is 4.97. The van der Waals surface area contributed by atoms with E-state index in [1.807, 2.05) is 17.9 Å². The van der Waals surface area contributed by atoms with Crippen LogP contribution >= 0.6 is 0 Å². The highest BCUT2D eigenvalue weighted by Crippen LogP contribution is 2.32. The van der Waals surface area contributed by atoms with Crippen molar-refractivity contribution in [3.63, 3.8) is 0 Å². The molecule has 0 spiro atoms. The Morgan fingerprint density at radius 2 is 2.04 bits per heavy atom. The lowest BCUT2D eigenvalue weighted by atomic mass is 10.0. The minimum atomic E-state index is 0.0585. The fourth-order valence-electron chi connectivity index (χ4n) is 3.83. The zero-order valence-electron chi connectivity index (χ0n) is 13.5. The normalized spacial score (nSPS) is 19.9. The van der Waals surface area contributed by atoms with Crippen LogP contribution in [0.3, 0.4) is 0 Å². The first-order valence-electron chi connectivity index (χ1n) is 8.44. The van der Waals surface area contributed by atoms with Crippen LogP contribution in [0.15, 0.2) is 30.6 Å². The predicted octanol–water partition coefficient (Wildman–Crippen LogP) is 3.25. The molecule has 1 saturated heterocycles. The molecular formula is C19H21N3O. The molecule has 1 atom stereocenters. The van der Waals surface area contributed by atoms with Crippen molar-refractivity contribution in [1.82, 2.24) is 14.9 Å². The van der Waals surface area contributed by atoms with Gasteiger partial charge in [-0.05, 0) is 62.3 Å². The summed E-state index contributed by atoms with van der Waals surface area (Å²) in [5, 5.41) is 0. The number of rotatable bonds is 2. The molecule has 0 unspecified atom stereocenters. The summed E-state index contributed by atoms with van der Waals surface area (Å²) in [5.41, 5.74) is 5.39. The van der Waals surface area contributed by atoms with Gasteiger partial charge in [0.1, 0.15) is 0 Å². The monoisotopic (exact) mass is 307 g/mol. The van der Waals surface area contributed by atoms with Gasteiger partial charge in [0.2, 0.25) is 0 Å². The molecule has 2 aliphatic rings. The molecule has 2 aromatic rings. The molecule has 4 heteroatoms. The van der Waals surface area contributed by atoms with Crippen molar-refractivity contribution < 1.29 is 4.79 Å². The Bertz CT molecular complexity index is 756. The summed E-state index contributed by atoms with van der Waals surface area (Å²) in [4.78, 5) is 23.8. The Labute approximate surface area is 136 Å². The van der Waals surface area contributed by atoms with Gasteiger partial charge < -0.3 is 4.90 Å². The smallest absolute Gasteiger partial charge is 0.254 e. The summed E-state index contributed by atoms with van der Waals surface area (Å²) in [6.07, 6.45) is 9.00. The number of carbonyl (C=O) groups excluding carboxylic acids is 1. The molecule has 1 aromatic heterocycles. The van der Waals surface area contributed by atoms with E-state index in [-0.39, 0.29) is 11.9 Å². The van der Waals surface area contributed by atoms with Crippen molar-refractivity contribution in [2.45, 2.75) is 45.1 Å². The van der Waals surface area contributed by atoms with Crippen LogP contribution in [0.25, 0.3) is 0 Å². The molecular weight excluding hydrogens is 286 g/mol. The highest BCUT2D eigenvalue weighted by Gasteiger charge is 2.32. The maximum Gasteiger partial charge on any atom is 0.254 e. The first-order valence-corrected chi connectivity index (χ1v) is 8.44. The topological polar surface area (TPSA) is 46.1 Å². The van der Waals surface area contributed by atoms with Gasteiger partial charge in [0.25, 0.3) is 5.91 Å². The van der Waals surface area contributed by atoms with Crippen molar-refractivity contribution in [3.8, 4) is 0 Å². The van der Waals surface area contributed by atoms with Gasteiger partial charge in [-0.25, -0.2) is 0 Å². The lowest BCUT2D eigenvalue weighted by molar-refractivity contribution is 0.0732. The maximum atomic E-state index is 13.0. The lowest BCUT2D eigenvalue weighted by Gasteiger charge is -2.24. The number of fused-ring (bicyclic) bond motifs is 1. The third kappa shape index (κ3) is 2.62. The van der Waals surface area contributed by atoms with E-state index < -0.39 is 0 Å². The highest BCUT2D eigenvalue weighted by molar-refractivity contribution is 5.95. The summed E-state index contributed by atoms with van der Waals surface area (Å²) in [6, 6.07) is 6.28. The number of nitrogens with zero attached hydrogens (tertiary/aromatic N) is 3. The minimum Gasteiger partial charge on any atom is -0.330 e.